The number of hydrogen-bond donors (Lipinski definition) is 1. The highest BCUT2D eigenvalue weighted by molar-refractivity contribution is 7.99. The molecule has 0 bridgehead atoms. The van der Waals surface area contributed by atoms with E-state index in [4.69, 9.17) is 5.14 Å². The van der Waals surface area contributed by atoms with Crippen LogP contribution in [-0.4, -0.2) is 30.5 Å². The van der Waals surface area contributed by atoms with Gasteiger partial charge in [0.05, 0.1) is 15.8 Å². The first kappa shape index (κ1) is 22.7. The summed E-state index contributed by atoms with van der Waals surface area (Å²) in [5.74, 6) is -0.971. The number of aryl methyl sites for hydroxylation is 1. The van der Waals surface area contributed by atoms with Crippen LogP contribution in [0.5, 0.6) is 0 Å². The van der Waals surface area contributed by atoms with E-state index in [0.29, 0.717) is 30.3 Å². The Morgan fingerprint density at radius 2 is 1.97 bits per heavy atom. The fourth-order valence-electron chi connectivity index (χ4n) is 3.75. The van der Waals surface area contributed by atoms with E-state index < -0.39 is 11.6 Å². The molecule has 0 unspecified atom stereocenters. The highest BCUT2D eigenvalue weighted by atomic mass is 32.2. The van der Waals surface area contributed by atoms with Gasteiger partial charge in [-0.3, -0.25) is 14.8 Å². The fraction of sp³-hybridized carbons (Fsp3) is 0.304. The van der Waals surface area contributed by atoms with Crippen molar-refractivity contribution >= 4 is 40.0 Å². The van der Waals surface area contributed by atoms with Crippen LogP contribution in [0, 0.1) is 24.5 Å². The molecule has 0 saturated carbocycles. The van der Waals surface area contributed by atoms with E-state index in [1.807, 2.05) is 26.0 Å². The first-order valence-corrected chi connectivity index (χ1v) is 12.1. The maximum Gasteiger partial charge on any atom is 0.235 e. The zero-order valence-electron chi connectivity index (χ0n) is 17.8. The number of halogens is 2. The minimum atomic E-state index is -0.473. The molecule has 1 amide bonds. The Labute approximate surface area is 194 Å². The van der Waals surface area contributed by atoms with E-state index >= 15 is 0 Å². The highest BCUT2D eigenvalue weighted by Gasteiger charge is 2.36. The van der Waals surface area contributed by atoms with E-state index in [1.54, 1.807) is 17.0 Å². The Bertz CT molecular complexity index is 1110. The number of benzene rings is 2. The number of amides is 1. The molecule has 2 N–H and O–H groups in total. The molecule has 1 saturated heterocycles. The number of nitrogens with zero attached hydrogens (tertiary/aromatic N) is 3. The quantitative estimate of drug-likeness (QED) is 0.475. The molecule has 0 radical (unpaired) electrons. The second kappa shape index (κ2) is 9.56. The van der Waals surface area contributed by atoms with Gasteiger partial charge in [-0.15, -0.1) is 0 Å². The lowest BCUT2D eigenvalue weighted by Gasteiger charge is -2.41. The maximum absolute atomic E-state index is 14.0. The Hall–Kier alpha value is -2.49. The standard InChI is InChI=1S/C23H24F2N4OS2/c1-3-10-29(23-27-14(2)22(31-23)32-26)21(30)16-12-28(13-16)18-7-4-15(5-8-18)19-11-17(24)6-9-20(19)25/h4-9,11,16H,3,10,12-13,26H2,1-2H3. The summed E-state index contributed by atoms with van der Waals surface area (Å²) in [6.07, 6.45) is 0.837. The first-order valence-electron chi connectivity index (χ1n) is 10.4. The van der Waals surface area contributed by atoms with Gasteiger partial charge in [0.25, 0.3) is 0 Å². The molecule has 3 aromatic rings. The van der Waals surface area contributed by atoms with Gasteiger partial charge in [0.15, 0.2) is 5.13 Å². The molecule has 9 heteroatoms. The van der Waals surface area contributed by atoms with Crippen molar-refractivity contribution in [3.63, 3.8) is 0 Å². The molecule has 2 aromatic carbocycles. The van der Waals surface area contributed by atoms with E-state index in [1.165, 1.54) is 17.4 Å². The van der Waals surface area contributed by atoms with Gasteiger partial charge < -0.3 is 4.90 Å². The fourth-order valence-corrected chi connectivity index (χ4v) is 5.22. The molecule has 0 atom stereocenters. The lowest BCUT2D eigenvalue weighted by atomic mass is 9.96. The van der Waals surface area contributed by atoms with E-state index in [9.17, 15) is 13.6 Å². The zero-order chi connectivity index (χ0) is 22.8. The molecular weight excluding hydrogens is 450 g/mol. The van der Waals surface area contributed by atoms with Crippen LogP contribution in [-0.2, 0) is 4.79 Å². The van der Waals surface area contributed by atoms with Crippen LogP contribution < -0.4 is 14.9 Å². The molecule has 1 aliphatic heterocycles. The second-order valence-corrected chi connectivity index (χ2v) is 9.63. The predicted molar refractivity (Wildman–Crippen MR) is 127 cm³/mol. The van der Waals surface area contributed by atoms with Crippen molar-refractivity contribution in [2.24, 2.45) is 11.1 Å². The van der Waals surface area contributed by atoms with Crippen molar-refractivity contribution in [3.8, 4) is 11.1 Å². The normalized spacial score (nSPS) is 13.8. The summed E-state index contributed by atoms with van der Waals surface area (Å²) in [7, 11) is 0. The summed E-state index contributed by atoms with van der Waals surface area (Å²) in [5.41, 5.74) is 2.64. The molecule has 2 heterocycles. The third kappa shape index (κ3) is 4.51. The minimum absolute atomic E-state index is 0.0730. The van der Waals surface area contributed by atoms with Gasteiger partial charge in [0, 0.05) is 30.9 Å². The van der Waals surface area contributed by atoms with Crippen molar-refractivity contribution in [2.45, 2.75) is 24.5 Å². The van der Waals surface area contributed by atoms with E-state index in [0.717, 1.165) is 46.1 Å². The molecule has 0 spiro atoms. The average molecular weight is 475 g/mol. The largest absolute Gasteiger partial charge is 0.370 e. The smallest absolute Gasteiger partial charge is 0.235 e. The lowest BCUT2D eigenvalue weighted by molar-refractivity contribution is -0.123. The average Bonchev–Trinajstić information content (AvgIpc) is 3.13. The van der Waals surface area contributed by atoms with Gasteiger partial charge in [-0.05, 0) is 61.2 Å². The number of carbonyl (C=O) groups excluding carboxylic acids is 1. The molecule has 1 aliphatic rings. The summed E-state index contributed by atoms with van der Waals surface area (Å²) < 4.78 is 28.4. The summed E-state index contributed by atoms with van der Waals surface area (Å²) in [6, 6.07) is 10.7. The lowest BCUT2D eigenvalue weighted by Crippen LogP contribution is -2.55. The topological polar surface area (TPSA) is 62.5 Å². The molecule has 0 aliphatic carbocycles. The number of nitrogens with two attached hydrogens (primary N) is 1. The van der Waals surface area contributed by atoms with Gasteiger partial charge in [0.1, 0.15) is 11.6 Å². The molecule has 1 aromatic heterocycles. The number of aromatic nitrogens is 1. The van der Waals surface area contributed by atoms with Crippen LogP contribution in [0.1, 0.15) is 19.0 Å². The van der Waals surface area contributed by atoms with Crippen LogP contribution in [0.25, 0.3) is 11.1 Å². The summed E-state index contributed by atoms with van der Waals surface area (Å²) in [5, 5.41) is 6.39. The molecule has 4 rings (SSSR count). The van der Waals surface area contributed by atoms with E-state index in [2.05, 4.69) is 9.88 Å². The van der Waals surface area contributed by atoms with Crippen LogP contribution in [0.15, 0.2) is 46.7 Å². The molecule has 5 nitrogen and oxygen atoms in total. The number of carbonyl (C=O) groups is 1. The molecule has 32 heavy (non-hydrogen) atoms. The van der Waals surface area contributed by atoms with Crippen molar-refractivity contribution < 1.29 is 13.6 Å². The van der Waals surface area contributed by atoms with Crippen LogP contribution >= 0.6 is 23.3 Å². The predicted octanol–water partition coefficient (Wildman–Crippen LogP) is 5.24. The molecule has 1 fully saturated rings. The third-order valence-electron chi connectivity index (χ3n) is 5.50. The summed E-state index contributed by atoms with van der Waals surface area (Å²) in [4.78, 5) is 21.6. The Morgan fingerprint density at radius 1 is 1.25 bits per heavy atom. The van der Waals surface area contributed by atoms with Crippen molar-refractivity contribution in [1.82, 2.24) is 4.98 Å². The summed E-state index contributed by atoms with van der Waals surface area (Å²) in [6.45, 7) is 5.76. The van der Waals surface area contributed by atoms with Gasteiger partial charge >= 0.3 is 0 Å². The van der Waals surface area contributed by atoms with Crippen molar-refractivity contribution in [3.05, 3.63) is 59.8 Å². The highest BCUT2D eigenvalue weighted by Crippen LogP contribution is 2.34. The Kier molecular flexibility index (Phi) is 6.78. The summed E-state index contributed by atoms with van der Waals surface area (Å²) >= 11 is 2.60. The van der Waals surface area contributed by atoms with Crippen molar-refractivity contribution in [2.75, 3.05) is 29.4 Å². The van der Waals surface area contributed by atoms with Crippen LogP contribution in [0.4, 0.5) is 19.6 Å². The van der Waals surface area contributed by atoms with Gasteiger partial charge in [-0.1, -0.05) is 30.4 Å². The minimum Gasteiger partial charge on any atom is -0.370 e. The van der Waals surface area contributed by atoms with Gasteiger partial charge in [0.2, 0.25) is 5.91 Å². The monoisotopic (exact) mass is 474 g/mol. The molecule has 168 valence electrons. The van der Waals surface area contributed by atoms with Crippen LogP contribution in [0.2, 0.25) is 0 Å². The number of rotatable bonds is 7. The van der Waals surface area contributed by atoms with E-state index in [-0.39, 0.29) is 17.4 Å². The Morgan fingerprint density at radius 3 is 2.59 bits per heavy atom. The van der Waals surface area contributed by atoms with Gasteiger partial charge in [-0.25, -0.2) is 13.8 Å². The Balaban J connectivity index is 1.43. The van der Waals surface area contributed by atoms with Crippen LogP contribution in [0.3, 0.4) is 0 Å². The van der Waals surface area contributed by atoms with Crippen molar-refractivity contribution in [1.29, 1.82) is 0 Å². The SMILES string of the molecule is CCCN(C(=O)C1CN(c2ccc(-c3cc(F)ccc3F)cc2)C1)c1nc(C)c(SN)s1. The second-order valence-electron chi connectivity index (χ2n) is 7.75. The molecular formula is C23H24F2N4OS2. The maximum atomic E-state index is 14.0. The number of anilines is 2. The number of hydrogen-bond acceptors (Lipinski definition) is 6. The van der Waals surface area contributed by atoms with Gasteiger partial charge in [-0.2, -0.15) is 0 Å². The first-order chi connectivity index (χ1) is 15.4. The zero-order valence-corrected chi connectivity index (χ0v) is 19.5. The number of thiazole rings is 1. The third-order valence-corrected chi connectivity index (χ3v) is 7.52.